The number of thiophene rings is 8. The molecule has 4 aliphatic rings. The molecular formula is C81H64N4O2S8. The number of nitriles is 2. The van der Waals surface area contributed by atoms with Gasteiger partial charge in [0.25, 0.3) is 11.4 Å². The zero-order chi connectivity index (χ0) is 65.3. The van der Waals surface area contributed by atoms with Crippen LogP contribution in [0.15, 0.2) is 144 Å². The van der Waals surface area contributed by atoms with Gasteiger partial charge in [-0.3, -0.25) is 9.59 Å². The molecule has 0 radical (unpaired) electrons. The second-order valence-corrected chi connectivity index (χ2v) is 34.2. The van der Waals surface area contributed by atoms with Gasteiger partial charge in [0.15, 0.2) is 11.6 Å². The number of nitrogens with zero attached hydrogens (tertiary/aromatic N) is 4. The topological polar surface area (TPSA) is 90.4 Å². The standard InChI is InChI=1S/C81H64N4O2S8/c1-7-10-13-16-23-47-31-35-67(89-47)80(66-34-30-46(4)88-66)60-42-57-61(43-56(60)76-72(80)78-64(94-76)40-50(92-78)38-58-70(62(44-82)84-5)52-26-19-21-28-54(52)74(58)86)81(68-36-32-48(90-68)24-17-14-11-8-2,69-37-33-49(91-69)25-18-15-12-9-3)73-77(57)95-65-41-51(93-79(65)73)39-59-71(63(45-83)85-6)53-27-20-22-29-55(53)75(59)87/h19-22,26-43H,7-18,23-25H2,1-4H3/b58-38-,59-39-,70-62+,71-63?. The fraction of sp³-hybridized carbons (Fsp3) is 0.259. The Morgan fingerprint density at radius 1 is 0.453 bits per heavy atom. The van der Waals surface area contributed by atoms with Crippen molar-refractivity contribution in [3.63, 3.8) is 0 Å². The van der Waals surface area contributed by atoms with Crippen LogP contribution >= 0.6 is 90.7 Å². The third kappa shape index (κ3) is 10.2. The van der Waals surface area contributed by atoms with E-state index in [2.05, 4.69) is 122 Å². The van der Waals surface area contributed by atoms with Crippen LogP contribution in [0.25, 0.3) is 72.7 Å². The fourth-order valence-electron chi connectivity index (χ4n) is 15.1. The molecule has 15 rings (SSSR count). The van der Waals surface area contributed by atoms with E-state index < -0.39 is 10.8 Å². The van der Waals surface area contributed by atoms with Crippen molar-refractivity contribution in [3.05, 3.63) is 260 Å². The molecule has 14 heteroatoms. The van der Waals surface area contributed by atoms with Crippen LogP contribution in [-0.4, -0.2) is 11.6 Å². The molecule has 0 saturated heterocycles. The van der Waals surface area contributed by atoms with Gasteiger partial charge in [0, 0.05) is 112 Å². The van der Waals surface area contributed by atoms with Crippen LogP contribution in [0.4, 0.5) is 0 Å². The molecule has 6 nitrogen and oxygen atoms in total. The van der Waals surface area contributed by atoms with Crippen molar-refractivity contribution in [1.29, 1.82) is 10.5 Å². The van der Waals surface area contributed by atoms with Crippen LogP contribution < -0.4 is 0 Å². The maximum absolute atomic E-state index is 14.5. The number of Topliss-reactive ketones (excluding diaryl/α,β-unsaturated/α-hetero) is 2. The second-order valence-electron chi connectivity index (χ2n) is 25.1. The van der Waals surface area contributed by atoms with Crippen molar-refractivity contribution >= 4 is 144 Å². The van der Waals surface area contributed by atoms with E-state index in [0.717, 1.165) is 57.7 Å². The van der Waals surface area contributed by atoms with E-state index in [-0.39, 0.29) is 23.0 Å². The van der Waals surface area contributed by atoms with Crippen LogP contribution in [0.5, 0.6) is 0 Å². The van der Waals surface area contributed by atoms with Crippen LogP contribution in [0.3, 0.4) is 0 Å². The molecule has 0 aliphatic heterocycles. The molecule has 1 atom stereocenters. The van der Waals surface area contributed by atoms with E-state index in [4.69, 9.17) is 13.1 Å². The minimum Gasteiger partial charge on any atom is -0.289 e. The summed E-state index contributed by atoms with van der Waals surface area (Å²) in [7, 11) is 0. The van der Waals surface area contributed by atoms with Crippen molar-refractivity contribution in [2.45, 2.75) is 135 Å². The number of carbonyl (C=O) groups excluding carboxylic acids is 2. The lowest BCUT2D eigenvalue weighted by Crippen LogP contribution is -2.27. The first kappa shape index (κ1) is 63.1. The minimum atomic E-state index is -0.716. The molecule has 11 aromatic rings. The molecule has 0 fully saturated rings. The zero-order valence-electron chi connectivity index (χ0n) is 53.2. The molecule has 4 aliphatic carbocycles. The van der Waals surface area contributed by atoms with Crippen molar-refractivity contribution < 1.29 is 9.59 Å². The van der Waals surface area contributed by atoms with Crippen molar-refractivity contribution in [2.75, 3.05) is 0 Å². The molecule has 0 bridgehead atoms. The van der Waals surface area contributed by atoms with Crippen molar-refractivity contribution in [3.8, 4) is 33.0 Å². The molecule has 0 amide bonds. The SMILES string of the molecule is [C-]#[N+]C(C#N)=C1/C(=C/c2cc3sc4c(c3s2)C(c2ccc(CCCCCC)s2)(c2ccc(CCCCCC)s2)c2cc3c(cc2-4)C(c2ccc(C)s2)(c2ccc(CCCCCC)s2)c2c-3sc3cc(/C=C4\C(=O)c5ccccc5\C4=C(\C#N)[N+]#[C-])sc23)C(=O)c2ccccc21. The fourth-order valence-corrected chi connectivity index (χ4v) is 25.6. The first-order valence-corrected chi connectivity index (χ1v) is 39.5. The molecule has 8 aromatic heterocycles. The van der Waals surface area contributed by atoms with E-state index in [1.54, 1.807) is 34.8 Å². The molecule has 468 valence electrons. The molecule has 3 aromatic carbocycles. The quantitative estimate of drug-likeness (QED) is 0.0310. The lowest BCUT2D eigenvalue weighted by atomic mass is 9.73. The molecule has 0 spiro atoms. The van der Waals surface area contributed by atoms with Gasteiger partial charge in [-0.15, -0.1) is 90.7 Å². The summed E-state index contributed by atoms with van der Waals surface area (Å²) < 4.78 is 4.64. The number of allylic oxidation sites excluding steroid dienone is 6. The summed E-state index contributed by atoms with van der Waals surface area (Å²) >= 11 is 14.9. The van der Waals surface area contributed by atoms with Gasteiger partial charge in [-0.05, 0) is 164 Å². The number of carbonyl (C=O) groups is 2. The van der Waals surface area contributed by atoms with Crippen LogP contribution in [0, 0.1) is 42.7 Å². The third-order valence-corrected chi connectivity index (χ3v) is 29.1. The minimum absolute atomic E-state index is 0.0836. The highest BCUT2D eigenvalue weighted by Gasteiger charge is 2.56. The number of rotatable bonds is 21. The van der Waals surface area contributed by atoms with Crippen molar-refractivity contribution in [1.82, 2.24) is 0 Å². The largest absolute Gasteiger partial charge is 0.289 e. The van der Waals surface area contributed by atoms with Gasteiger partial charge in [0.2, 0.25) is 0 Å². The summed E-state index contributed by atoms with van der Waals surface area (Å²) in [6.07, 6.45) is 21.1. The predicted octanol–water partition coefficient (Wildman–Crippen LogP) is 24.8. The Labute approximate surface area is 587 Å². The van der Waals surface area contributed by atoms with E-state index in [0.29, 0.717) is 44.5 Å². The smallest absolute Gasteiger partial charge is 0.270 e. The van der Waals surface area contributed by atoms with E-state index in [9.17, 15) is 20.1 Å². The van der Waals surface area contributed by atoms with E-state index in [1.165, 1.54) is 149 Å². The van der Waals surface area contributed by atoms with Gasteiger partial charge < -0.3 is 0 Å². The van der Waals surface area contributed by atoms with Crippen molar-refractivity contribution in [2.24, 2.45) is 0 Å². The normalized spacial score (nSPS) is 17.5. The first-order valence-electron chi connectivity index (χ1n) is 33.0. The number of ketones is 2. The second kappa shape index (κ2) is 25.9. The number of hydrogen-bond acceptors (Lipinski definition) is 12. The van der Waals surface area contributed by atoms with Gasteiger partial charge >= 0.3 is 0 Å². The summed E-state index contributed by atoms with van der Waals surface area (Å²) in [5.74, 6) is -0.350. The highest BCUT2D eigenvalue weighted by molar-refractivity contribution is 7.31. The van der Waals surface area contributed by atoms with Gasteiger partial charge in [0.05, 0.1) is 45.5 Å². The highest BCUT2D eigenvalue weighted by Crippen LogP contribution is 2.70. The Kier molecular flexibility index (Phi) is 17.2. The number of fused-ring (bicyclic) bond motifs is 12. The first-order chi connectivity index (χ1) is 46.5. The molecule has 0 saturated carbocycles. The number of hydrogen-bond donors (Lipinski definition) is 0. The van der Waals surface area contributed by atoms with Gasteiger partial charge in [0.1, 0.15) is 0 Å². The third-order valence-electron chi connectivity index (χ3n) is 19.4. The average Bonchev–Trinajstić information content (AvgIpc) is 1.49. The Morgan fingerprint density at radius 3 is 1.19 bits per heavy atom. The van der Waals surface area contributed by atoms with Crippen LogP contribution in [0.1, 0.15) is 201 Å². The summed E-state index contributed by atoms with van der Waals surface area (Å²) in [4.78, 5) is 51.3. The van der Waals surface area contributed by atoms with E-state index in [1.807, 2.05) is 117 Å². The van der Waals surface area contributed by atoms with Crippen LogP contribution in [0.2, 0.25) is 0 Å². The molecule has 0 N–H and O–H groups in total. The number of unbranched alkanes of at least 4 members (excludes halogenated alkanes) is 9. The number of benzene rings is 3. The molecule has 1 unspecified atom stereocenters. The summed E-state index contributed by atoms with van der Waals surface area (Å²) in [6.45, 7) is 25.2. The van der Waals surface area contributed by atoms with Gasteiger partial charge in [-0.1, -0.05) is 127 Å². The van der Waals surface area contributed by atoms with Crippen LogP contribution in [-0.2, 0) is 30.1 Å². The molecular weight excluding hydrogens is 1320 g/mol. The average molecular weight is 1380 g/mol. The summed E-state index contributed by atoms with van der Waals surface area (Å²) in [5, 5.41) is 20.7. The highest BCUT2D eigenvalue weighted by atomic mass is 32.1. The Bertz CT molecular complexity index is 5220. The zero-order valence-corrected chi connectivity index (χ0v) is 59.7. The van der Waals surface area contributed by atoms with E-state index >= 15 is 0 Å². The Morgan fingerprint density at radius 2 is 0.832 bits per heavy atom. The summed E-state index contributed by atoms with van der Waals surface area (Å²) in [6, 6.07) is 47.9. The Balaban J connectivity index is 1.00. The predicted molar refractivity (Wildman–Crippen MR) is 403 cm³/mol. The monoisotopic (exact) mass is 1380 g/mol. The lowest BCUT2D eigenvalue weighted by molar-refractivity contribution is 0.103. The summed E-state index contributed by atoms with van der Waals surface area (Å²) in [5.41, 5.74) is 9.86. The molecule has 95 heavy (non-hydrogen) atoms. The maximum atomic E-state index is 14.5. The lowest BCUT2D eigenvalue weighted by Gasteiger charge is -2.32. The number of aryl methyl sites for hydroxylation is 4. The van der Waals surface area contributed by atoms with Gasteiger partial charge in [-0.2, -0.15) is 0 Å². The maximum Gasteiger partial charge on any atom is 0.270 e. The Hall–Kier alpha value is -7.96. The molecule has 8 heterocycles. The van der Waals surface area contributed by atoms with Gasteiger partial charge in [-0.25, -0.2) is 20.2 Å².